The van der Waals surface area contributed by atoms with Gasteiger partial charge in [0.1, 0.15) is 0 Å². The Morgan fingerprint density at radius 3 is 2.60 bits per heavy atom. The fourth-order valence-corrected chi connectivity index (χ4v) is 5.35. The summed E-state index contributed by atoms with van der Waals surface area (Å²) < 4.78 is 1.03. The van der Waals surface area contributed by atoms with E-state index in [0.717, 1.165) is 33.7 Å². The van der Waals surface area contributed by atoms with Crippen LogP contribution in [0.3, 0.4) is 0 Å². The molecule has 5 nitrogen and oxygen atoms in total. The maximum atomic E-state index is 12.7. The van der Waals surface area contributed by atoms with Gasteiger partial charge in [0.15, 0.2) is 4.34 Å². The second kappa shape index (κ2) is 9.53. The Morgan fingerprint density at radius 1 is 1.17 bits per heavy atom. The van der Waals surface area contributed by atoms with Gasteiger partial charge in [-0.25, -0.2) is 9.78 Å². The number of nitrogens with zero attached hydrogens (tertiary/aromatic N) is 3. The minimum Gasteiger partial charge on any atom is -0.371 e. The largest absolute Gasteiger partial charge is 0.371 e. The molecule has 1 aliphatic rings. The number of benzene rings is 2. The lowest BCUT2D eigenvalue weighted by Gasteiger charge is -2.24. The zero-order valence-electron chi connectivity index (χ0n) is 17.3. The van der Waals surface area contributed by atoms with Crippen LogP contribution in [0.2, 0.25) is 0 Å². The van der Waals surface area contributed by atoms with E-state index in [4.69, 9.17) is 0 Å². The van der Waals surface area contributed by atoms with Gasteiger partial charge in [-0.3, -0.25) is 0 Å². The average Bonchev–Trinajstić information content (AvgIpc) is 3.42. The lowest BCUT2D eigenvalue weighted by Crippen LogP contribution is -2.31. The number of nitrogens with one attached hydrogen (secondary N) is 1. The Balaban J connectivity index is 1.36. The first-order valence-corrected chi connectivity index (χ1v) is 11.8. The van der Waals surface area contributed by atoms with Crippen LogP contribution in [0.5, 0.6) is 0 Å². The molecule has 0 radical (unpaired) electrons. The van der Waals surface area contributed by atoms with E-state index in [2.05, 4.69) is 38.8 Å². The fraction of sp³-hybridized carbons (Fsp3) is 0.304. The van der Waals surface area contributed by atoms with Crippen LogP contribution < -0.4 is 10.2 Å². The van der Waals surface area contributed by atoms with Crippen LogP contribution in [0.25, 0.3) is 0 Å². The number of para-hydroxylation sites is 1. The van der Waals surface area contributed by atoms with Gasteiger partial charge in [-0.05, 0) is 55.7 Å². The van der Waals surface area contributed by atoms with Crippen LogP contribution in [0.1, 0.15) is 24.1 Å². The quantitative estimate of drug-likeness (QED) is 0.523. The highest BCUT2D eigenvalue weighted by Crippen LogP contribution is 2.31. The molecule has 0 aliphatic carbocycles. The van der Waals surface area contributed by atoms with E-state index in [9.17, 15) is 4.79 Å². The van der Waals surface area contributed by atoms with E-state index in [1.54, 1.807) is 28.0 Å². The molecule has 0 bridgehead atoms. The predicted octanol–water partition coefficient (Wildman–Crippen LogP) is 5.87. The summed E-state index contributed by atoms with van der Waals surface area (Å²) in [6, 6.07) is 16.2. The number of hydrogen-bond acceptors (Lipinski definition) is 5. The van der Waals surface area contributed by atoms with Crippen LogP contribution in [-0.2, 0) is 6.54 Å². The number of aryl methyl sites for hydroxylation is 1. The first-order valence-electron chi connectivity index (χ1n) is 10.1. The Kier molecular flexibility index (Phi) is 6.59. The lowest BCUT2D eigenvalue weighted by atomic mass is 10.1. The lowest BCUT2D eigenvalue weighted by molar-refractivity contribution is 0.220. The predicted molar refractivity (Wildman–Crippen MR) is 126 cm³/mol. The molecule has 0 spiro atoms. The summed E-state index contributed by atoms with van der Waals surface area (Å²) in [6.07, 6.45) is 2.47. The highest BCUT2D eigenvalue weighted by atomic mass is 32.2. The highest BCUT2D eigenvalue weighted by Gasteiger charge is 2.17. The van der Waals surface area contributed by atoms with Crippen molar-refractivity contribution >= 4 is 40.5 Å². The summed E-state index contributed by atoms with van der Waals surface area (Å²) >= 11 is 3.28. The van der Waals surface area contributed by atoms with Crippen LogP contribution in [0.15, 0.2) is 63.1 Å². The van der Waals surface area contributed by atoms with Crippen LogP contribution in [0, 0.1) is 6.92 Å². The molecule has 2 heterocycles. The molecule has 1 aromatic heterocycles. The number of carbonyl (C=O) groups is 1. The molecule has 0 atom stereocenters. The van der Waals surface area contributed by atoms with Gasteiger partial charge >= 0.3 is 6.03 Å². The number of amides is 2. The van der Waals surface area contributed by atoms with Gasteiger partial charge in [-0.15, -0.1) is 11.3 Å². The minimum atomic E-state index is -0.109. The summed E-state index contributed by atoms with van der Waals surface area (Å²) in [5.74, 6) is 0. The van der Waals surface area contributed by atoms with Crippen molar-refractivity contribution in [2.24, 2.45) is 0 Å². The van der Waals surface area contributed by atoms with Gasteiger partial charge in [-0.1, -0.05) is 30.0 Å². The van der Waals surface area contributed by atoms with Crippen molar-refractivity contribution in [3.63, 3.8) is 0 Å². The molecule has 1 saturated heterocycles. The third kappa shape index (κ3) is 5.15. The summed E-state index contributed by atoms with van der Waals surface area (Å²) in [5.41, 5.74) is 4.26. The van der Waals surface area contributed by atoms with Gasteiger partial charge in [-0.2, -0.15) is 0 Å². The van der Waals surface area contributed by atoms with Crippen LogP contribution in [-0.4, -0.2) is 36.1 Å². The molecule has 1 N–H and O–H groups in total. The number of hydrogen-bond donors (Lipinski definition) is 1. The molecule has 2 amide bonds. The Morgan fingerprint density at radius 2 is 1.90 bits per heavy atom. The number of rotatable bonds is 6. The monoisotopic (exact) mass is 438 g/mol. The minimum absolute atomic E-state index is 0.109. The van der Waals surface area contributed by atoms with Crippen LogP contribution in [0.4, 0.5) is 16.2 Å². The second-order valence-electron chi connectivity index (χ2n) is 7.49. The first kappa shape index (κ1) is 20.8. The molecule has 3 aromatic rings. The van der Waals surface area contributed by atoms with Crippen molar-refractivity contribution in [1.82, 2.24) is 9.88 Å². The number of aromatic nitrogens is 1. The molecule has 30 heavy (non-hydrogen) atoms. The van der Waals surface area contributed by atoms with Gasteiger partial charge < -0.3 is 15.1 Å². The smallest absolute Gasteiger partial charge is 0.321 e. The Bertz CT molecular complexity index is 996. The third-order valence-corrected chi connectivity index (χ3v) is 7.17. The zero-order chi connectivity index (χ0) is 20.9. The normalized spacial score (nSPS) is 13.5. The maximum Gasteiger partial charge on any atom is 0.321 e. The van der Waals surface area contributed by atoms with Crippen LogP contribution >= 0.6 is 23.1 Å². The van der Waals surface area contributed by atoms with E-state index in [1.165, 1.54) is 24.1 Å². The van der Waals surface area contributed by atoms with Gasteiger partial charge in [0.05, 0.1) is 0 Å². The van der Waals surface area contributed by atoms with Crippen molar-refractivity contribution in [3.8, 4) is 0 Å². The first-order chi connectivity index (χ1) is 14.6. The maximum absolute atomic E-state index is 12.7. The van der Waals surface area contributed by atoms with Gasteiger partial charge in [0.25, 0.3) is 0 Å². The molecule has 1 aliphatic heterocycles. The molecular formula is C23H26N4OS2. The van der Waals surface area contributed by atoms with Crippen molar-refractivity contribution in [3.05, 3.63) is 65.2 Å². The number of anilines is 2. The molecule has 0 saturated carbocycles. The Hall–Kier alpha value is -2.51. The number of urea groups is 1. The van der Waals surface area contributed by atoms with Crippen molar-refractivity contribution < 1.29 is 4.79 Å². The molecule has 2 aromatic carbocycles. The van der Waals surface area contributed by atoms with Gasteiger partial charge in [0, 0.05) is 54.0 Å². The molecule has 0 unspecified atom stereocenters. The standard InChI is InChI=1S/C23H26N4OS2/c1-17-16-29-23(24-17)30-20-11-9-19(10-12-20)25-22(28)26(2)15-18-7-3-4-8-21(18)27-13-5-6-14-27/h3-4,7-12,16H,5-6,13-15H2,1-2H3,(H,25,28). The fourth-order valence-electron chi connectivity index (χ4n) is 3.54. The number of thiazole rings is 1. The van der Waals surface area contributed by atoms with E-state index in [1.807, 2.05) is 44.3 Å². The van der Waals surface area contributed by atoms with E-state index < -0.39 is 0 Å². The molecule has 1 fully saturated rings. The second-order valence-corrected chi connectivity index (χ2v) is 9.67. The van der Waals surface area contributed by atoms with E-state index in [0.29, 0.717) is 6.54 Å². The molecular weight excluding hydrogens is 412 g/mol. The van der Waals surface area contributed by atoms with E-state index >= 15 is 0 Å². The topological polar surface area (TPSA) is 48.5 Å². The zero-order valence-corrected chi connectivity index (χ0v) is 18.9. The Labute approximate surface area is 186 Å². The van der Waals surface area contributed by atoms with E-state index in [-0.39, 0.29) is 6.03 Å². The van der Waals surface area contributed by atoms with Gasteiger partial charge in [0.2, 0.25) is 0 Å². The van der Waals surface area contributed by atoms with Crippen molar-refractivity contribution in [2.75, 3.05) is 30.4 Å². The SMILES string of the molecule is Cc1csc(Sc2ccc(NC(=O)N(C)Cc3ccccc3N3CCCC3)cc2)n1. The summed E-state index contributed by atoms with van der Waals surface area (Å²) in [4.78, 5) is 22.4. The highest BCUT2D eigenvalue weighted by molar-refractivity contribution is 8.01. The summed E-state index contributed by atoms with van der Waals surface area (Å²) in [6.45, 7) is 4.77. The number of carbonyl (C=O) groups excluding carboxylic acids is 1. The average molecular weight is 439 g/mol. The summed E-state index contributed by atoms with van der Waals surface area (Å²) in [7, 11) is 1.84. The van der Waals surface area contributed by atoms with Crippen molar-refractivity contribution in [2.45, 2.75) is 35.5 Å². The molecule has 7 heteroatoms. The summed E-state index contributed by atoms with van der Waals surface area (Å²) in [5, 5.41) is 5.05. The molecule has 156 valence electrons. The van der Waals surface area contributed by atoms with Crippen molar-refractivity contribution in [1.29, 1.82) is 0 Å². The molecule has 4 rings (SSSR count). The third-order valence-electron chi connectivity index (χ3n) is 5.10.